The van der Waals surface area contributed by atoms with Gasteiger partial charge in [0.1, 0.15) is 22.9 Å². The van der Waals surface area contributed by atoms with E-state index >= 15 is 0 Å². The highest BCUT2D eigenvalue weighted by molar-refractivity contribution is 5.67. The summed E-state index contributed by atoms with van der Waals surface area (Å²) in [6.45, 7) is 12.9. The van der Waals surface area contributed by atoms with Crippen molar-refractivity contribution in [2.75, 3.05) is 13.1 Å². The van der Waals surface area contributed by atoms with Crippen molar-refractivity contribution in [2.24, 2.45) is 5.41 Å². The Morgan fingerprint density at radius 3 is 2.38 bits per heavy atom. The van der Waals surface area contributed by atoms with E-state index in [1.807, 2.05) is 51.1 Å². The zero-order valence-electron chi connectivity index (χ0n) is 22.6. The number of alkyl carbamates (subject to hydrolysis) is 1. The lowest BCUT2D eigenvalue weighted by molar-refractivity contribution is 0.0527. The fourth-order valence-electron chi connectivity index (χ4n) is 4.06. The molecule has 8 heteroatoms. The summed E-state index contributed by atoms with van der Waals surface area (Å²) in [5.41, 5.74) is 2.08. The highest BCUT2D eigenvalue weighted by Crippen LogP contribution is 2.35. The SMILES string of the molecule is CC(C)(C)OC(=O)NCCCNC(c1nn(-c2cc(F)ccc2F)cc1Cc1ccccc1)C(C)(C)C. The number of carbonyl (C=O) groups is 1. The average molecular weight is 513 g/mol. The normalized spacial score (nSPS) is 12.9. The van der Waals surface area contributed by atoms with Gasteiger partial charge in [-0.2, -0.15) is 5.10 Å². The molecule has 6 nitrogen and oxygen atoms in total. The van der Waals surface area contributed by atoms with Crippen LogP contribution in [-0.4, -0.2) is 34.6 Å². The van der Waals surface area contributed by atoms with Gasteiger partial charge in [-0.15, -0.1) is 0 Å². The number of nitrogens with one attached hydrogen (secondary N) is 2. The van der Waals surface area contributed by atoms with Crippen LogP contribution in [0, 0.1) is 17.0 Å². The lowest BCUT2D eigenvalue weighted by atomic mass is 9.83. The second-order valence-electron chi connectivity index (χ2n) is 11.3. The van der Waals surface area contributed by atoms with E-state index in [-0.39, 0.29) is 17.1 Å². The van der Waals surface area contributed by atoms with Gasteiger partial charge in [0.2, 0.25) is 0 Å². The summed E-state index contributed by atoms with van der Waals surface area (Å²) < 4.78 is 35.3. The number of halogens is 2. The lowest BCUT2D eigenvalue weighted by Crippen LogP contribution is -2.36. The van der Waals surface area contributed by atoms with Crippen molar-refractivity contribution in [1.82, 2.24) is 20.4 Å². The van der Waals surface area contributed by atoms with E-state index in [4.69, 9.17) is 9.84 Å². The largest absolute Gasteiger partial charge is 0.444 e. The molecule has 0 aliphatic heterocycles. The molecule has 1 amide bonds. The number of nitrogens with zero attached hydrogens (tertiary/aromatic N) is 2. The molecule has 0 fully saturated rings. The fraction of sp³-hybridized carbons (Fsp3) is 0.448. The molecule has 1 atom stereocenters. The molecule has 37 heavy (non-hydrogen) atoms. The predicted octanol–water partition coefficient (Wildman–Crippen LogP) is 6.33. The molecule has 0 aliphatic carbocycles. The summed E-state index contributed by atoms with van der Waals surface area (Å²) in [5, 5.41) is 11.1. The van der Waals surface area contributed by atoms with Crippen molar-refractivity contribution in [3.8, 4) is 5.69 Å². The maximum atomic E-state index is 14.6. The van der Waals surface area contributed by atoms with Crippen LogP contribution in [-0.2, 0) is 11.2 Å². The van der Waals surface area contributed by atoms with Crippen molar-refractivity contribution < 1.29 is 18.3 Å². The van der Waals surface area contributed by atoms with Crippen LogP contribution in [0.3, 0.4) is 0 Å². The minimum Gasteiger partial charge on any atom is -0.444 e. The Morgan fingerprint density at radius 1 is 1.03 bits per heavy atom. The van der Waals surface area contributed by atoms with Crippen LogP contribution >= 0.6 is 0 Å². The molecule has 0 saturated carbocycles. The maximum Gasteiger partial charge on any atom is 0.407 e. The second-order valence-corrected chi connectivity index (χ2v) is 11.3. The molecule has 1 unspecified atom stereocenters. The fourth-order valence-corrected chi connectivity index (χ4v) is 4.06. The van der Waals surface area contributed by atoms with Crippen molar-refractivity contribution in [3.63, 3.8) is 0 Å². The Balaban J connectivity index is 1.83. The predicted molar refractivity (Wildman–Crippen MR) is 142 cm³/mol. The van der Waals surface area contributed by atoms with Crippen LogP contribution in [0.4, 0.5) is 13.6 Å². The first-order chi connectivity index (χ1) is 17.3. The van der Waals surface area contributed by atoms with E-state index in [1.165, 1.54) is 4.68 Å². The van der Waals surface area contributed by atoms with E-state index in [2.05, 4.69) is 31.4 Å². The summed E-state index contributed by atoms with van der Waals surface area (Å²) in [7, 11) is 0. The molecule has 3 rings (SSSR count). The molecular formula is C29H38F2N4O2. The standard InChI is InChI=1S/C29H38F2N4O2/c1-28(2,3)26(32-15-10-16-33-27(36)37-29(4,5)6)25-21(17-20-11-8-7-9-12-20)19-35(34-25)24-18-22(30)13-14-23(24)31/h7-9,11-14,18-19,26,32H,10,15-17H2,1-6H3,(H,33,36). The molecule has 3 aromatic rings. The molecule has 0 spiro atoms. The first-order valence-corrected chi connectivity index (χ1v) is 12.6. The van der Waals surface area contributed by atoms with Gasteiger partial charge in [0.15, 0.2) is 0 Å². The number of rotatable bonds is 9. The van der Waals surface area contributed by atoms with E-state index in [0.29, 0.717) is 25.9 Å². The van der Waals surface area contributed by atoms with Gasteiger partial charge in [-0.25, -0.2) is 18.3 Å². The van der Waals surface area contributed by atoms with Crippen molar-refractivity contribution in [3.05, 3.63) is 83.2 Å². The van der Waals surface area contributed by atoms with Crippen LogP contribution in [0.25, 0.3) is 5.69 Å². The number of amides is 1. The van der Waals surface area contributed by atoms with Gasteiger partial charge in [-0.3, -0.25) is 0 Å². The van der Waals surface area contributed by atoms with Gasteiger partial charge < -0.3 is 15.4 Å². The Kier molecular flexibility index (Phi) is 9.07. The minimum absolute atomic E-state index is 0.0646. The third-order valence-corrected chi connectivity index (χ3v) is 5.72. The van der Waals surface area contributed by atoms with Crippen molar-refractivity contribution in [1.29, 1.82) is 0 Å². The Morgan fingerprint density at radius 2 is 1.73 bits per heavy atom. The minimum atomic E-state index is -0.547. The van der Waals surface area contributed by atoms with Crippen molar-refractivity contribution >= 4 is 6.09 Å². The van der Waals surface area contributed by atoms with Gasteiger partial charge >= 0.3 is 6.09 Å². The molecule has 0 bridgehead atoms. The Bertz CT molecular complexity index is 1180. The summed E-state index contributed by atoms with van der Waals surface area (Å²) in [6, 6.07) is 13.2. The molecule has 0 aliphatic rings. The van der Waals surface area contributed by atoms with E-state index < -0.39 is 23.3 Å². The van der Waals surface area contributed by atoms with Crippen LogP contribution in [0.5, 0.6) is 0 Å². The molecule has 2 N–H and O–H groups in total. The average Bonchev–Trinajstić information content (AvgIpc) is 3.19. The smallest absolute Gasteiger partial charge is 0.407 e. The summed E-state index contributed by atoms with van der Waals surface area (Å²) in [6.07, 6.45) is 2.62. The summed E-state index contributed by atoms with van der Waals surface area (Å²) in [4.78, 5) is 11.9. The zero-order chi connectivity index (χ0) is 27.2. The number of ether oxygens (including phenoxy) is 1. The number of hydrogen-bond donors (Lipinski definition) is 2. The number of carbonyl (C=O) groups excluding carboxylic acids is 1. The molecule has 1 heterocycles. The van der Waals surface area contributed by atoms with Gasteiger partial charge in [-0.1, -0.05) is 51.1 Å². The number of benzene rings is 2. The lowest BCUT2D eigenvalue weighted by Gasteiger charge is -2.31. The highest BCUT2D eigenvalue weighted by atomic mass is 19.1. The number of aromatic nitrogens is 2. The van der Waals surface area contributed by atoms with Crippen LogP contribution in [0.15, 0.2) is 54.7 Å². The second kappa shape index (κ2) is 11.9. The monoisotopic (exact) mass is 512 g/mol. The molecule has 0 radical (unpaired) electrons. The zero-order valence-corrected chi connectivity index (χ0v) is 22.6. The molecule has 200 valence electrons. The third-order valence-electron chi connectivity index (χ3n) is 5.72. The molecule has 2 aromatic carbocycles. The summed E-state index contributed by atoms with van der Waals surface area (Å²) >= 11 is 0. The van der Waals surface area contributed by atoms with E-state index in [9.17, 15) is 13.6 Å². The first-order valence-electron chi connectivity index (χ1n) is 12.6. The van der Waals surface area contributed by atoms with E-state index in [0.717, 1.165) is 35.0 Å². The Labute approximate surface area is 218 Å². The van der Waals surface area contributed by atoms with E-state index in [1.54, 1.807) is 6.20 Å². The van der Waals surface area contributed by atoms with Crippen LogP contribution in [0.2, 0.25) is 0 Å². The highest BCUT2D eigenvalue weighted by Gasteiger charge is 2.31. The maximum absolute atomic E-state index is 14.6. The summed E-state index contributed by atoms with van der Waals surface area (Å²) in [5.74, 6) is -1.07. The Hall–Kier alpha value is -3.26. The quantitative estimate of drug-likeness (QED) is 0.329. The van der Waals surface area contributed by atoms with Gasteiger partial charge in [0.05, 0.1) is 11.7 Å². The van der Waals surface area contributed by atoms with Gasteiger partial charge in [0.25, 0.3) is 0 Å². The van der Waals surface area contributed by atoms with Gasteiger partial charge in [-0.05, 0) is 62.4 Å². The van der Waals surface area contributed by atoms with Crippen molar-refractivity contribution in [2.45, 2.75) is 66.0 Å². The van der Waals surface area contributed by atoms with Crippen LogP contribution < -0.4 is 10.6 Å². The topological polar surface area (TPSA) is 68.2 Å². The first kappa shape index (κ1) is 28.3. The molecular weight excluding hydrogens is 474 g/mol. The third kappa shape index (κ3) is 8.39. The molecule has 0 saturated heterocycles. The van der Waals surface area contributed by atoms with Crippen LogP contribution in [0.1, 0.15) is 70.8 Å². The molecule has 1 aromatic heterocycles. The van der Waals surface area contributed by atoms with Gasteiger partial charge in [0, 0.05) is 25.2 Å². The number of hydrogen-bond acceptors (Lipinski definition) is 4.